The Balaban J connectivity index is 1.98. The monoisotopic (exact) mass is 304 g/mol. The summed E-state index contributed by atoms with van der Waals surface area (Å²) in [7, 11) is 0. The van der Waals surface area contributed by atoms with Crippen LogP contribution >= 0.6 is 11.3 Å². The first-order valence-corrected chi connectivity index (χ1v) is 7.44. The maximum atomic E-state index is 11.6. The van der Waals surface area contributed by atoms with Crippen molar-refractivity contribution in [3.63, 3.8) is 0 Å². The normalized spacial score (nSPS) is 10.2. The van der Waals surface area contributed by atoms with Gasteiger partial charge in [-0.15, -0.1) is 11.3 Å². The molecule has 0 bridgehead atoms. The van der Waals surface area contributed by atoms with E-state index in [0.717, 1.165) is 11.3 Å². The van der Waals surface area contributed by atoms with Gasteiger partial charge in [0.25, 0.3) is 0 Å². The van der Waals surface area contributed by atoms with Gasteiger partial charge in [-0.2, -0.15) is 0 Å². The minimum absolute atomic E-state index is 0.265. The van der Waals surface area contributed by atoms with Crippen LogP contribution in [0.1, 0.15) is 18.9 Å². The number of rotatable bonds is 5. The average molecular weight is 304 g/mol. The van der Waals surface area contributed by atoms with Gasteiger partial charge in [-0.3, -0.25) is 9.59 Å². The number of hydrogen-bond donors (Lipinski definition) is 1. The topological polar surface area (TPSA) is 68.3 Å². The van der Waals surface area contributed by atoms with Crippen molar-refractivity contribution < 1.29 is 14.3 Å². The van der Waals surface area contributed by atoms with Crippen LogP contribution in [0.5, 0.6) is 0 Å². The van der Waals surface area contributed by atoms with Crippen LogP contribution in [0.4, 0.5) is 5.13 Å². The van der Waals surface area contributed by atoms with Gasteiger partial charge in [0.1, 0.15) is 6.42 Å². The number of hydrogen-bond acceptors (Lipinski definition) is 5. The molecule has 6 heteroatoms. The van der Waals surface area contributed by atoms with Gasteiger partial charge >= 0.3 is 5.97 Å². The van der Waals surface area contributed by atoms with Gasteiger partial charge in [0, 0.05) is 10.9 Å². The number of aryl methyl sites for hydroxylation is 1. The van der Waals surface area contributed by atoms with Crippen molar-refractivity contribution in [2.24, 2.45) is 0 Å². The highest BCUT2D eigenvalue weighted by Gasteiger charge is 2.12. The third kappa shape index (κ3) is 4.39. The Kier molecular flexibility index (Phi) is 5.05. The van der Waals surface area contributed by atoms with Crippen molar-refractivity contribution in [2.75, 3.05) is 11.9 Å². The fraction of sp³-hybridized carbons (Fsp3) is 0.267. The summed E-state index contributed by atoms with van der Waals surface area (Å²) in [6.07, 6.45) is -0.298. The van der Waals surface area contributed by atoms with E-state index in [1.54, 1.807) is 6.92 Å². The summed E-state index contributed by atoms with van der Waals surface area (Å²) >= 11 is 1.32. The van der Waals surface area contributed by atoms with Gasteiger partial charge in [-0.25, -0.2) is 4.98 Å². The maximum absolute atomic E-state index is 11.6. The molecule has 0 aliphatic carbocycles. The molecule has 21 heavy (non-hydrogen) atoms. The molecule has 0 unspecified atom stereocenters. The first-order chi connectivity index (χ1) is 10.1. The van der Waals surface area contributed by atoms with E-state index in [4.69, 9.17) is 4.74 Å². The second-order valence-corrected chi connectivity index (χ2v) is 5.29. The minimum Gasteiger partial charge on any atom is -0.466 e. The molecule has 0 saturated carbocycles. The van der Waals surface area contributed by atoms with Crippen LogP contribution in [0.25, 0.3) is 11.3 Å². The fourth-order valence-electron chi connectivity index (χ4n) is 1.69. The molecule has 0 radical (unpaired) electrons. The first kappa shape index (κ1) is 15.2. The third-order valence-electron chi connectivity index (χ3n) is 2.71. The van der Waals surface area contributed by atoms with Crippen molar-refractivity contribution >= 4 is 28.3 Å². The van der Waals surface area contributed by atoms with Gasteiger partial charge in [0.05, 0.1) is 12.3 Å². The lowest BCUT2D eigenvalue weighted by Gasteiger charge is -2.01. The zero-order chi connectivity index (χ0) is 15.2. The van der Waals surface area contributed by atoms with Gasteiger partial charge in [0.2, 0.25) is 5.91 Å². The molecule has 1 amide bonds. The van der Waals surface area contributed by atoms with E-state index < -0.39 is 11.9 Å². The third-order valence-corrected chi connectivity index (χ3v) is 3.47. The number of aromatic nitrogens is 1. The molecule has 0 aliphatic rings. The standard InChI is InChI=1S/C15H16N2O3S/c1-3-20-14(19)8-13(18)17-15-16-12(9-21-15)11-6-4-10(2)5-7-11/h4-7,9H,3,8H2,1-2H3,(H,16,17,18). The molecular formula is C15H16N2O3S. The molecule has 2 rings (SSSR count). The van der Waals surface area contributed by atoms with Crippen LogP contribution in [0.15, 0.2) is 29.6 Å². The smallest absolute Gasteiger partial charge is 0.315 e. The van der Waals surface area contributed by atoms with E-state index in [-0.39, 0.29) is 13.0 Å². The van der Waals surface area contributed by atoms with Crippen molar-refractivity contribution in [2.45, 2.75) is 20.3 Å². The van der Waals surface area contributed by atoms with Crippen molar-refractivity contribution in [3.05, 3.63) is 35.2 Å². The number of ether oxygens (including phenoxy) is 1. The summed E-state index contributed by atoms with van der Waals surface area (Å²) in [4.78, 5) is 27.2. The summed E-state index contributed by atoms with van der Waals surface area (Å²) in [5.74, 6) is -0.955. The molecule has 1 aromatic heterocycles. The van der Waals surface area contributed by atoms with Gasteiger partial charge < -0.3 is 10.1 Å². The lowest BCUT2D eigenvalue weighted by atomic mass is 10.1. The van der Waals surface area contributed by atoms with Crippen LogP contribution in [0, 0.1) is 6.92 Å². The second kappa shape index (κ2) is 6.99. The van der Waals surface area contributed by atoms with E-state index in [1.807, 2.05) is 36.6 Å². The Morgan fingerprint density at radius 1 is 1.29 bits per heavy atom. The SMILES string of the molecule is CCOC(=O)CC(=O)Nc1nc(-c2ccc(C)cc2)cs1. The molecule has 1 aromatic carbocycles. The van der Waals surface area contributed by atoms with E-state index in [0.29, 0.717) is 5.13 Å². The molecule has 110 valence electrons. The lowest BCUT2D eigenvalue weighted by molar-refractivity contribution is -0.145. The maximum Gasteiger partial charge on any atom is 0.315 e. The summed E-state index contributed by atoms with van der Waals surface area (Å²) in [5.41, 5.74) is 2.96. The highest BCUT2D eigenvalue weighted by Crippen LogP contribution is 2.25. The molecular weight excluding hydrogens is 288 g/mol. The summed E-state index contributed by atoms with van der Waals surface area (Å²) in [5, 5.41) is 4.94. The summed E-state index contributed by atoms with van der Waals surface area (Å²) < 4.78 is 4.72. The number of anilines is 1. The van der Waals surface area contributed by atoms with Crippen LogP contribution in [-0.2, 0) is 14.3 Å². The lowest BCUT2D eigenvalue weighted by Crippen LogP contribution is -2.18. The van der Waals surface area contributed by atoms with Gasteiger partial charge in [-0.05, 0) is 13.8 Å². The molecule has 2 aromatic rings. The van der Waals surface area contributed by atoms with Crippen LogP contribution in [0.2, 0.25) is 0 Å². The fourth-order valence-corrected chi connectivity index (χ4v) is 2.43. The first-order valence-electron chi connectivity index (χ1n) is 6.56. The number of benzene rings is 1. The molecule has 1 heterocycles. The highest BCUT2D eigenvalue weighted by molar-refractivity contribution is 7.14. The van der Waals surface area contributed by atoms with Crippen molar-refractivity contribution in [1.82, 2.24) is 4.98 Å². The van der Waals surface area contributed by atoms with E-state index in [1.165, 1.54) is 16.9 Å². The number of carbonyl (C=O) groups excluding carboxylic acids is 2. The molecule has 0 spiro atoms. The summed E-state index contributed by atoms with van der Waals surface area (Å²) in [6, 6.07) is 7.98. The summed E-state index contributed by atoms with van der Waals surface area (Å²) in [6.45, 7) is 3.98. The number of amides is 1. The Labute approximate surface area is 127 Å². The second-order valence-electron chi connectivity index (χ2n) is 4.43. The van der Waals surface area contributed by atoms with E-state index in [9.17, 15) is 9.59 Å². The minimum atomic E-state index is -0.537. The van der Waals surface area contributed by atoms with E-state index in [2.05, 4.69) is 10.3 Å². The number of thiazole rings is 1. The largest absolute Gasteiger partial charge is 0.466 e. The predicted molar refractivity (Wildman–Crippen MR) is 82.2 cm³/mol. The van der Waals surface area contributed by atoms with Gasteiger partial charge in [-0.1, -0.05) is 29.8 Å². The zero-order valence-electron chi connectivity index (χ0n) is 11.9. The average Bonchev–Trinajstić information content (AvgIpc) is 2.88. The molecule has 0 fully saturated rings. The predicted octanol–water partition coefficient (Wildman–Crippen LogP) is 3.01. The molecule has 5 nitrogen and oxygen atoms in total. The highest BCUT2D eigenvalue weighted by atomic mass is 32.1. The van der Waals surface area contributed by atoms with Gasteiger partial charge in [0.15, 0.2) is 5.13 Å². The Morgan fingerprint density at radius 2 is 2.00 bits per heavy atom. The Hall–Kier alpha value is -2.21. The van der Waals surface area contributed by atoms with Crippen molar-refractivity contribution in [3.8, 4) is 11.3 Å². The molecule has 1 N–H and O–H groups in total. The molecule has 0 aliphatic heterocycles. The molecule has 0 saturated heterocycles. The number of nitrogens with one attached hydrogen (secondary N) is 1. The van der Waals surface area contributed by atoms with Crippen LogP contribution in [0.3, 0.4) is 0 Å². The number of esters is 1. The molecule has 0 atom stereocenters. The van der Waals surface area contributed by atoms with Crippen LogP contribution in [-0.4, -0.2) is 23.5 Å². The number of carbonyl (C=O) groups is 2. The Morgan fingerprint density at radius 3 is 2.67 bits per heavy atom. The van der Waals surface area contributed by atoms with E-state index >= 15 is 0 Å². The van der Waals surface area contributed by atoms with Crippen LogP contribution < -0.4 is 5.32 Å². The quantitative estimate of drug-likeness (QED) is 0.681. The Bertz CT molecular complexity index is 635. The van der Waals surface area contributed by atoms with Crippen molar-refractivity contribution in [1.29, 1.82) is 0 Å². The number of nitrogens with zero attached hydrogens (tertiary/aromatic N) is 1. The zero-order valence-corrected chi connectivity index (χ0v) is 12.7.